The van der Waals surface area contributed by atoms with Crippen molar-refractivity contribution in [3.8, 4) is 0 Å². The summed E-state index contributed by atoms with van der Waals surface area (Å²) in [5.41, 5.74) is 10.6. The van der Waals surface area contributed by atoms with Crippen molar-refractivity contribution in [1.82, 2.24) is 15.3 Å². The number of aromatic nitrogens is 2. The van der Waals surface area contributed by atoms with Crippen LogP contribution in [0.4, 0.5) is 0 Å². The first-order chi connectivity index (χ1) is 13.0. The summed E-state index contributed by atoms with van der Waals surface area (Å²) >= 11 is 0. The molecule has 10 nitrogen and oxygen atoms in total. The molecule has 0 aliphatic carbocycles. The van der Waals surface area contributed by atoms with Crippen LogP contribution in [-0.4, -0.2) is 63.0 Å². The fraction of sp³-hybridized carbons (Fsp3) is 0.353. The van der Waals surface area contributed by atoms with Gasteiger partial charge in [0.05, 0.1) is 11.0 Å². The van der Waals surface area contributed by atoms with E-state index in [1.165, 1.54) is 7.11 Å². The van der Waals surface area contributed by atoms with Gasteiger partial charge in [0.15, 0.2) is 0 Å². The number of methoxy groups -OCH3 is 1. The summed E-state index contributed by atoms with van der Waals surface area (Å²) in [6.07, 6.45) is 2.97. The van der Waals surface area contributed by atoms with Gasteiger partial charge in [-0.3, -0.25) is 14.6 Å². The van der Waals surface area contributed by atoms with Crippen molar-refractivity contribution in [1.29, 1.82) is 0 Å². The Bertz CT molecular complexity index is 887. The first kappa shape index (κ1) is 20.0. The van der Waals surface area contributed by atoms with E-state index in [4.69, 9.17) is 10.3 Å². The van der Waals surface area contributed by atoms with Gasteiger partial charge in [0.2, 0.25) is 11.7 Å². The predicted octanol–water partition coefficient (Wildman–Crippen LogP) is 0.340. The van der Waals surface area contributed by atoms with Gasteiger partial charge in [-0.05, 0) is 24.1 Å². The van der Waals surface area contributed by atoms with E-state index < -0.39 is 29.8 Å². The van der Waals surface area contributed by atoms with Gasteiger partial charge >= 0.3 is 12.2 Å². The maximum atomic E-state index is 12.4. The Labute approximate surface area is 154 Å². The summed E-state index contributed by atoms with van der Waals surface area (Å²) < 4.78 is 5.21. The van der Waals surface area contributed by atoms with E-state index in [2.05, 4.69) is 20.1 Å². The molecule has 0 unspecified atom stereocenters. The van der Waals surface area contributed by atoms with E-state index in [9.17, 15) is 19.5 Å². The number of carbonyl (C=O) groups is 3. The summed E-state index contributed by atoms with van der Waals surface area (Å²) in [5, 5.41) is 11.6. The van der Waals surface area contributed by atoms with E-state index in [1.54, 1.807) is 18.5 Å². The summed E-state index contributed by atoms with van der Waals surface area (Å²) in [7, 11) is 1.35. The number of aromatic amines is 1. The number of pyridine rings is 1. The molecule has 0 saturated heterocycles. The molecule has 3 N–H and O–H groups in total. The molecule has 2 aromatic heterocycles. The average molecular weight is 373 g/mol. The fourth-order valence-corrected chi connectivity index (χ4v) is 2.59. The van der Waals surface area contributed by atoms with Crippen molar-refractivity contribution in [2.45, 2.75) is 31.4 Å². The lowest BCUT2D eigenvalue weighted by Crippen LogP contribution is -2.46. The number of nitrogens with zero attached hydrogens (tertiary/aromatic N) is 3. The third kappa shape index (κ3) is 5.30. The molecule has 27 heavy (non-hydrogen) atoms. The molecule has 142 valence electrons. The number of hydrogen-bond donors (Lipinski definition) is 3. The number of carboxylic acids is 1. The molecule has 2 rings (SSSR count). The number of fused-ring (bicyclic) bond motifs is 1. The number of ether oxygens (including phenoxy) is 1. The monoisotopic (exact) mass is 373 g/mol. The second kappa shape index (κ2) is 9.37. The van der Waals surface area contributed by atoms with Crippen LogP contribution in [0, 0.1) is 0 Å². The Morgan fingerprint density at radius 2 is 2.26 bits per heavy atom. The largest absolute Gasteiger partial charge is 0.480 e. The highest BCUT2D eigenvalue weighted by molar-refractivity contribution is 6.25. The molecule has 10 heteroatoms. The molecule has 0 bridgehead atoms. The number of nitrogens with one attached hydrogen (secondary N) is 2. The number of carboxylic acid groups (broad SMARTS) is 1. The zero-order valence-corrected chi connectivity index (χ0v) is 14.6. The molecular formula is C17H19N5O5. The molecule has 0 aliphatic rings. The number of amides is 1. The highest BCUT2D eigenvalue weighted by Crippen LogP contribution is 2.17. The molecule has 0 spiro atoms. The van der Waals surface area contributed by atoms with Crippen molar-refractivity contribution in [2.75, 3.05) is 7.11 Å². The van der Waals surface area contributed by atoms with Crippen molar-refractivity contribution < 1.29 is 29.0 Å². The molecule has 2 atom stereocenters. The van der Waals surface area contributed by atoms with Crippen LogP contribution in [0.5, 0.6) is 0 Å². The smallest absolute Gasteiger partial charge is 0.326 e. The highest BCUT2D eigenvalue weighted by Gasteiger charge is 2.27. The Morgan fingerprint density at radius 1 is 1.48 bits per heavy atom. The van der Waals surface area contributed by atoms with Gasteiger partial charge in [0, 0.05) is 32.3 Å². The van der Waals surface area contributed by atoms with Crippen LogP contribution in [0.3, 0.4) is 0 Å². The second-order valence-electron chi connectivity index (χ2n) is 5.79. The first-order valence-electron chi connectivity index (χ1n) is 8.13. The molecule has 0 aliphatic heterocycles. The molecular weight excluding hydrogens is 354 g/mol. The number of Topliss-reactive ketones (excluding diaryl/α,β-unsaturated/α-hetero) is 1. The second-order valence-corrected chi connectivity index (χ2v) is 5.79. The lowest BCUT2D eigenvalue weighted by molar-refractivity contribution is -0.144. The lowest BCUT2D eigenvalue weighted by Gasteiger charge is -2.19. The van der Waals surface area contributed by atoms with Crippen LogP contribution in [0.2, 0.25) is 0 Å². The normalized spacial score (nSPS) is 12.8. The molecule has 0 saturated carbocycles. The number of H-pyrrole nitrogens is 1. The molecule has 0 radical (unpaired) electrons. The van der Waals surface area contributed by atoms with Crippen LogP contribution >= 0.6 is 0 Å². The molecule has 1 amide bonds. The highest BCUT2D eigenvalue weighted by atomic mass is 16.5. The SMILES string of the molecule is CO[C@@H](Cc1c[nH]c2cccnc12)C(=O)N[C@@H](CCC(=O)C=[N+]=[N-])C(=O)O. The van der Waals surface area contributed by atoms with E-state index in [1.807, 2.05) is 6.07 Å². The Hall–Kier alpha value is -3.36. The van der Waals surface area contributed by atoms with Crippen molar-refractivity contribution in [3.05, 3.63) is 35.6 Å². The molecule has 2 heterocycles. The van der Waals surface area contributed by atoms with Gasteiger partial charge in [-0.15, -0.1) is 0 Å². The lowest BCUT2D eigenvalue weighted by atomic mass is 10.1. The Balaban J connectivity index is 2.04. The number of hydrogen-bond acceptors (Lipinski definition) is 5. The van der Waals surface area contributed by atoms with Gasteiger partial charge in [-0.1, -0.05) is 0 Å². The minimum atomic E-state index is -1.28. The van der Waals surface area contributed by atoms with Crippen molar-refractivity contribution >= 4 is 34.9 Å². The quantitative estimate of drug-likeness (QED) is 0.309. The Morgan fingerprint density at radius 3 is 2.93 bits per heavy atom. The maximum absolute atomic E-state index is 12.4. The molecule has 0 aromatic carbocycles. The van der Waals surface area contributed by atoms with Gasteiger partial charge in [-0.2, -0.15) is 4.79 Å². The Kier molecular flexibility index (Phi) is 6.93. The number of aliphatic carboxylic acids is 1. The van der Waals surface area contributed by atoms with Gasteiger partial charge in [0.1, 0.15) is 12.1 Å². The van der Waals surface area contributed by atoms with Gasteiger partial charge < -0.3 is 25.7 Å². The van der Waals surface area contributed by atoms with E-state index >= 15 is 0 Å². The van der Waals surface area contributed by atoms with Crippen LogP contribution in [0.1, 0.15) is 18.4 Å². The minimum Gasteiger partial charge on any atom is -0.480 e. The van der Waals surface area contributed by atoms with Crippen LogP contribution < -0.4 is 5.32 Å². The number of ketones is 1. The third-order valence-corrected chi connectivity index (χ3v) is 3.99. The standard InChI is InChI=1S/C17H19N5O5/c1-27-14(7-10-8-20-12-3-2-6-19-15(10)12)16(24)22-13(17(25)26)5-4-11(23)9-21-18/h2-3,6,8-9,13-14,20H,4-5,7H2,1H3,(H,22,24)(H,25,26)/t13-,14-/m0/s1. The molecule has 0 fully saturated rings. The van der Waals surface area contributed by atoms with E-state index in [0.29, 0.717) is 11.7 Å². The minimum absolute atomic E-state index is 0.142. The number of rotatable bonds is 10. The van der Waals surface area contributed by atoms with Crippen molar-refractivity contribution in [3.63, 3.8) is 0 Å². The third-order valence-electron chi connectivity index (χ3n) is 3.99. The van der Waals surface area contributed by atoms with Crippen molar-refractivity contribution in [2.24, 2.45) is 0 Å². The summed E-state index contributed by atoms with van der Waals surface area (Å²) in [4.78, 5) is 45.0. The average Bonchev–Trinajstić information content (AvgIpc) is 3.05. The fourth-order valence-electron chi connectivity index (χ4n) is 2.59. The van der Waals surface area contributed by atoms with E-state index in [0.717, 1.165) is 11.1 Å². The van der Waals surface area contributed by atoms with Crippen LogP contribution in [0.25, 0.3) is 16.6 Å². The maximum Gasteiger partial charge on any atom is 0.326 e. The summed E-state index contributed by atoms with van der Waals surface area (Å²) in [6, 6.07) is 2.36. The van der Waals surface area contributed by atoms with Gasteiger partial charge in [0.25, 0.3) is 0 Å². The number of carbonyl (C=O) groups excluding carboxylic acids is 2. The van der Waals surface area contributed by atoms with E-state index in [-0.39, 0.29) is 19.3 Å². The van der Waals surface area contributed by atoms with Gasteiger partial charge in [-0.25, -0.2) is 4.79 Å². The van der Waals surface area contributed by atoms with Crippen LogP contribution in [-0.2, 0) is 25.5 Å². The summed E-state index contributed by atoms with van der Waals surface area (Å²) in [5.74, 6) is -2.44. The summed E-state index contributed by atoms with van der Waals surface area (Å²) in [6.45, 7) is 0. The van der Waals surface area contributed by atoms with Crippen LogP contribution in [0.15, 0.2) is 24.5 Å². The topological polar surface area (TPSA) is 158 Å². The predicted molar refractivity (Wildman–Crippen MR) is 94.1 cm³/mol. The zero-order chi connectivity index (χ0) is 19.8. The zero-order valence-electron chi connectivity index (χ0n) is 14.6. The first-order valence-corrected chi connectivity index (χ1v) is 8.13. The molecule has 2 aromatic rings.